The number of likely N-dealkylation sites (tertiary alicyclic amines) is 1. The van der Waals surface area contributed by atoms with Gasteiger partial charge in [0.25, 0.3) is 0 Å². The van der Waals surface area contributed by atoms with Crippen LogP contribution < -0.4 is 5.32 Å². The Hall–Kier alpha value is -2.92. The maximum absolute atomic E-state index is 13.3. The SMILES string of the molecule is Cc1ccc(CN2C[C@]34C=C[C@H](O3)[C@@H](C(=O)NCc3ccccc3)[C@H]4C2=O)cc1. The molecule has 1 N–H and O–H groups in total. The summed E-state index contributed by atoms with van der Waals surface area (Å²) in [7, 11) is 0. The molecule has 0 saturated carbocycles. The van der Waals surface area contributed by atoms with E-state index in [-0.39, 0.29) is 17.9 Å². The Morgan fingerprint density at radius 3 is 2.66 bits per heavy atom. The van der Waals surface area contributed by atoms with Crippen LogP contribution in [0, 0.1) is 18.8 Å². The Bertz CT molecular complexity index is 969. The Balaban J connectivity index is 1.32. The number of amides is 2. The van der Waals surface area contributed by atoms with Crippen molar-refractivity contribution >= 4 is 11.8 Å². The topological polar surface area (TPSA) is 58.6 Å². The van der Waals surface area contributed by atoms with E-state index in [4.69, 9.17) is 4.74 Å². The monoisotopic (exact) mass is 388 g/mol. The molecule has 5 nitrogen and oxygen atoms in total. The zero-order chi connectivity index (χ0) is 20.0. The number of nitrogens with one attached hydrogen (secondary N) is 1. The quantitative estimate of drug-likeness (QED) is 0.801. The molecule has 2 amide bonds. The molecule has 3 aliphatic heterocycles. The van der Waals surface area contributed by atoms with Crippen molar-refractivity contribution in [3.63, 3.8) is 0 Å². The number of fused-ring (bicyclic) bond motifs is 1. The van der Waals surface area contributed by atoms with E-state index in [1.165, 1.54) is 5.56 Å². The molecule has 2 fully saturated rings. The van der Waals surface area contributed by atoms with Crippen LogP contribution in [-0.4, -0.2) is 35.0 Å². The molecule has 1 spiro atoms. The average Bonchev–Trinajstić information content (AvgIpc) is 3.37. The highest BCUT2D eigenvalue weighted by atomic mass is 16.5. The van der Waals surface area contributed by atoms with Gasteiger partial charge in [-0.3, -0.25) is 9.59 Å². The summed E-state index contributed by atoms with van der Waals surface area (Å²) in [6.45, 7) is 3.54. The highest BCUT2D eigenvalue weighted by Gasteiger charge is 2.66. The van der Waals surface area contributed by atoms with Crippen LogP contribution in [0.2, 0.25) is 0 Å². The molecule has 3 aliphatic rings. The zero-order valence-corrected chi connectivity index (χ0v) is 16.4. The summed E-state index contributed by atoms with van der Waals surface area (Å²) < 4.78 is 6.19. The number of benzene rings is 2. The predicted octanol–water partition coefficient (Wildman–Crippen LogP) is 2.59. The highest BCUT2D eigenvalue weighted by Crippen LogP contribution is 2.52. The van der Waals surface area contributed by atoms with Gasteiger partial charge < -0.3 is 15.0 Å². The fourth-order valence-electron chi connectivity index (χ4n) is 4.83. The molecule has 0 aliphatic carbocycles. The van der Waals surface area contributed by atoms with E-state index in [1.54, 1.807) is 0 Å². The van der Waals surface area contributed by atoms with E-state index in [0.717, 1.165) is 11.1 Å². The van der Waals surface area contributed by atoms with Crippen molar-refractivity contribution in [3.8, 4) is 0 Å². The molecule has 2 saturated heterocycles. The third-order valence-corrected chi connectivity index (χ3v) is 6.29. The maximum atomic E-state index is 13.3. The lowest BCUT2D eigenvalue weighted by atomic mass is 9.77. The molecule has 3 heterocycles. The number of ether oxygens (including phenoxy) is 1. The molecular weight excluding hydrogens is 364 g/mol. The molecule has 0 unspecified atom stereocenters. The van der Waals surface area contributed by atoms with Crippen LogP contribution in [0.15, 0.2) is 66.7 Å². The van der Waals surface area contributed by atoms with Gasteiger partial charge >= 0.3 is 0 Å². The molecule has 2 aromatic carbocycles. The number of carbonyl (C=O) groups excluding carboxylic acids is 2. The fraction of sp³-hybridized carbons (Fsp3) is 0.333. The van der Waals surface area contributed by atoms with Gasteiger partial charge in [0.05, 0.1) is 24.5 Å². The number of hydrogen-bond acceptors (Lipinski definition) is 3. The van der Waals surface area contributed by atoms with E-state index in [2.05, 4.69) is 17.4 Å². The smallest absolute Gasteiger partial charge is 0.230 e. The summed E-state index contributed by atoms with van der Waals surface area (Å²) in [5.74, 6) is -1.02. The molecule has 4 atom stereocenters. The average molecular weight is 388 g/mol. The standard InChI is InChI=1S/C24H24N2O3/c1-16-7-9-18(10-8-16)14-26-15-24-12-11-19(29-24)20(21(24)23(26)28)22(27)25-13-17-5-3-2-4-6-17/h2-12,19-21H,13-15H2,1H3,(H,25,27)/t19-,20+,21-,24-/m0/s1. The summed E-state index contributed by atoms with van der Waals surface area (Å²) >= 11 is 0. The second-order valence-corrected chi connectivity index (χ2v) is 8.28. The van der Waals surface area contributed by atoms with E-state index in [1.807, 2.05) is 66.4 Å². The summed E-state index contributed by atoms with van der Waals surface area (Å²) in [5, 5.41) is 3.00. The van der Waals surface area contributed by atoms with Gasteiger partial charge in [-0.1, -0.05) is 72.3 Å². The third-order valence-electron chi connectivity index (χ3n) is 6.29. The normalized spacial score (nSPS) is 29.3. The van der Waals surface area contributed by atoms with Crippen LogP contribution in [0.5, 0.6) is 0 Å². The predicted molar refractivity (Wildman–Crippen MR) is 109 cm³/mol. The van der Waals surface area contributed by atoms with Gasteiger partial charge in [-0.15, -0.1) is 0 Å². The second kappa shape index (κ2) is 6.85. The van der Waals surface area contributed by atoms with Gasteiger partial charge in [-0.25, -0.2) is 0 Å². The van der Waals surface area contributed by atoms with Gasteiger partial charge in [-0.05, 0) is 18.1 Å². The van der Waals surface area contributed by atoms with Crippen molar-refractivity contribution in [1.29, 1.82) is 0 Å². The van der Waals surface area contributed by atoms with Crippen molar-refractivity contribution in [2.45, 2.75) is 31.7 Å². The van der Waals surface area contributed by atoms with Crippen LogP contribution >= 0.6 is 0 Å². The highest BCUT2D eigenvalue weighted by molar-refractivity contribution is 5.93. The molecule has 2 aromatic rings. The number of hydrogen-bond donors (Lipinski definition) is 1. The van der Waals surface area contributed by atoms with Crippen molar-refractivity contribution in [1.82, 2.24) is 10.2 Å². The maximum Gasteiger partial charge on any atom is 0.230 e. The largest absolute Gasteiger partial charge is 0.360 e. The fourth-order valence-corrected chi connectivity index (χ4v) is 4.83. The Labute approximate surface area is 170 Å². The minimum Gasteiger partial charge on any atom is -0.360 e. The van der Waals surface area contributed by atoms with Gasteiger partial charge in [0.15, 0.2) is 0 Å². The van der Waals surface area contributed by atoms with E-state index < -0.39 is 17.4 Å². The van der Waals surface area contributed by atoms with Gasteiger partial charge in [-0.2, -0.15) is 0 Å². The van der Waals surface area contributed by atoms with Crippen LogP contribution in [0.1, 0.15) is 16.7 Å². The third kappa shape index (κ3) is 3.06. The van der Waals surface area contributed by atoms with Gasteiger partial charge in [0, 0.05) is 13.1 Å². The molecule has 29 heavy (non-hydrogen) atoms. The van der Waals surface area contributed by atoms with Crippen molar-refractivity contribution in [3.05, 3.63) is 83.4 Å². The van der Waals surface area contributed by atoms with Crippen LogP contribution in [-0.2, 0) is 27.4 Å². The second-order valence-electron chi connectivity index (χ2n) is 8.28. The van der Waals surface area contributed by atoms with Crippen molar-refractivity contribution in [2.75, 3.05) is 6.54 Å². The van der Waals surface area contributed by atoms with E-state index in [0.29, 0.717) is 19.6 Å². The minimum absolute atomic E-state index is 0.0114. The van der Waals surface area contributed by atoms with Crippen LogP contribution in [0.4, 0.5) is 0 Å². The molecule has 5 rings (SSSR count). The van der Waals surface area contributed by atoms with Gasteiger partial charge in [0.1, 0.15) is 5.60 Å². The lowest BCUT2D eigenvalue weighted by molar-refractivity contribution is -0.137. The van der Waals surface area contributed by atoms with Crippen LogP contribution in [0.3, 0.4) is 0 Å². The number of rotatable bonds is 5. The first kappa shape index (κ1) is 18.1. The summed E-state index contributed by atoms with van der Waals surface area (Å²) in [5.41, 5.74) is 2.65. The number of aryl methyl sites for hydroxylation is 1. The molecule has 2 bridgehead atoms. The van der Waals surface area contributed by atoms with E-state index in [9.17, 15) is 9.59 Å². The Morgan fingerprint density at radius 2 is 1.90 bits per heavy atom. The number of nitrogens with zero attached hydrogens (tertiary/aromatic N) is 1. The summed E-state index contributed by atoms with van der Waals surface area (Å²) in [4.78, 5) is 28.1. The molecule has 0 radical (unpaired) electrons. The molecule has 0 aromatic heterocycles. The Morgan fingerprint density at radius 1 is 1.14 bits per heavy atom. The van der Waals surface area contributed by atoms with E-state index >= 15 is 0 Å². The first-order valence-electron chi connectivity index (χ1n) is 10.1. The Kier molecular flexibility index (Phi) is 4.28. The van der Waals surface area contributed by atoms with Gasteiger partial charge in [0.2, 0.25) is 11.8 Å². The summed E-state index contributed by atoms with van der Waals surface area (Å²) in [6.07, 6.45) is 3.63. The minimum atomic E-state index is -0.665. The molecular formula is C24H24N2O3. The first-order valence-corrected chi connectivity index (χ1v) is 10.1. The number of carbonyl (C=O) groups is 2. The van der Waals surface area contributed by atoms with Crippen molar-refractivity contribution < 1.29 is 14.3 Å². The molecule has 148 valence electrons. The first-order chi connectivity index (χ1) is 14.1. The molecule has 5 heteroatoms. The summed E-state index contributed by atoms with van der Waals surface area (Å²) in [6, 6.07) is 18.0. The lowest BCUT2D eigenvalue weighted by Gasteiger charge is -2.23. The zero-order valence-electron chi connectivity index (χ0n) is 16.4. The lowest BCUT2D eigenvalue weighted by Crippen LogP contribution is -2.43. The van der Waals surface area contributed by atoms with Crippen molar-refractivity contribution in [2.24, 2.45) is 11.8 Å². The van der Waals surface area contributed by atoms with Crippen LogP contribution in [0.25, 0.3) is 0 Å².